The van der Waals surface area contributed by atoms with Crippen LogP contribution < -0.4 is 9.01 Å². The molecule has 0 saturated carbocycles. The standard InChI is InChI=1S/C21H20N2O5S2/c1-16-3-11-20(12-4-16)29(24,25)23-22-15-18-7-9-19(10-8-18)28-30(26,27)21-13-5-17(2)6-14-21/h3-15,23H,1-2H3/b22-15-. The van der Waals surface area contributed by atoms with E-state index in [1.54, 1.807) is 36.4 Å². The van der Waals surface area contributed by atoms with Crippen molar-refractivity contribution in [2.24, 2.45) is 5.10 Å². The third-order valence-electron chi connectivity index (χ3n) is 4.11. The van der Waals surface area contributed by atoms with Crippen LogP contribution in [0, 0.1) is 13.8 Å². The van der Waals surface area contributed by atoms with E-state index in [0.29, 0.717) is 5.56 Å². The summed E-state index contributed by atoms with van der Waals surface area (Å²) in [7, 11) is -7.70. The lowest BCUT2D eigenvalue weighted by atomic mass is 10.2. The molecule has 0 bridgehead atoms. The molecule has 156 valence electrons. The van der Waals surface area contributed by atoms with Crippen molar-refractivity contribution >= 4 is 26.4 Å². The number of nitrogens with one attached hydrogen (secondary N) is 1. The van der Waals surface area contributed by atoms with Gasteiger partial charge in [0.05, 0.1) is 11.1 Å². The highest BCUT2D eigenvalue weighted by molar-refractivity contribution is 7.89. The lowest BCUT2D eigenvalue weighted by Gasteiger charge is -2.07. The fraction of sp³-hybridized carbons (Fsp3) is 0.0952. The van der Waals surface area contributed by atoms with Crippen LogP contribution in [0.5, 0.6) is 5.75 Å². The first kappa shape index (κ1) is 21.5. The second-order valence-electron chi connectivity index (χ2n) is 6.59. The van der Waals surface area contributed by atoms with E-state index >= 15 is 0 Å². The fourth-order valence-corrected chi connectivity index (χ4v) is 4.15. The molecule has 0 radical (unpaired) electrons. The molecule has 3 rings (SSSR count). The Hall–Kier alpha value is -3.17. The van der Waals surface area contributed by atoms with Gasteiger partial charge in [-0.15, -0.1) is 0 Å². The minimum Gasteiger partial charge on any atom is -0.379 e. The van der Waals surface area contributed by atoms with Crippen LogP contribution in [0.4, 0.5) is 0 Å². The van der Waals surface area contributed by atoms with Gasteiger partial charge in [-0.2, -0.15) is 21.9 Å². The molecular weight excluding hydrogens is 424 g/mol. The number of rotatable bonds is 7. The van der Waals surface area contributed by atoms with Gasteiger partial charge in [0.2, 0.25) is 0 Å². The zero-order valence-corrected chi connectivity index (χ0v) is 17.9. The van der Waals surface area contributed by atoms with E-state index < -0.39 is 20.1 Å². The number of nitrogens with zero attached hydrogens (tertiary/aromatic N) is 1. The quantitative estimate of drug-likeness (QED) is 0.342. The molecule has 0 aliphatic carbocycles. The Bertz CT molecular complexity index is 1250. The predicted octanol–water partition coefficient (Wildman–Crippen LogP) is 3.38. The Morgan fingerprint density at radius 2 is 1.23 bits per heavy atom. The van der Waals surface area contributed by atoms with Gasteiger partial charge in [-0.3, -0.25) is 0 Å². The number of hydrogen-bond acceptors (Lipinski definition) is 6. The summed E-state index contributed by atoms with van der Waals surface area (Å²) < 4.78 is 54.1. The van der Waals surface area contributed by atoms with Gasteiger partial charge in [-0.1, -0.05) is 35.4 Å². The molecule has 0 aliphatic heterocycles. The average Bonchev–Trinajstić information content (AvgIpc) is 2.70. The average molecular weight is 445 g/mol. The van der Waals surface area contributed by atoms with Crippen LogP contribution in [0.1, 0.15) is 16.7 Å². The first-order valence-corrected chi connectivity index (χ1v) is 11.8. The minimum absolute atomic E-state index is 0.0595. The smallest absolute Gasteiger partial charge is 0.339 e. The summed E-state index contributed by atoms with van der Waals surface area (Å²) in [5, 5.41) is 3.75. The molecule has 3 aromatic rings. The molecule has 0 heterocycles. The zero-order valence-electron chi connectivity index (χ0n) is 16.3. The van der Waals surface area contributed by atoms with Crippen molar-refractivity contribution in [2.75, 3.05) is 0 Å². The highest BCUT2D eigenvalue weighted by atomic mass is 32.2. The molecule has 9 heteroatoms. The Labute approximate surface area is 176 Å². The van der Waals surface area contributed by atoms with Gasteiger partial charge in [-0.25, -0.2) is 4.83 Å². The molecule has 0 amide bonds. The van der Waals surface area contributed by atoms with Gasteiger partial charge in [-0.05, 0) is 67.9 Å². The second kappa shape index (κ2) is 8.68. The predicted molar refractivity (Wildman–Crippen MR) is 115 cm³/mol. The van der Waals surface area contributed by atoms with E-state index in [1.165, 1.54) is 42.6 Å². The van der Waals surface area contributed by atoms with Crippen LogP contribution in [0.2, 0.25) is 0 Å². The molecule has 30 heavy (non-hydrogen) atoms. The molecule has 0 saturated heterocycles. The van der Waals surface area contributed by atoms with Gasteiger partial charge < -0.3 is 4.18 Å². The maximum Gasteiger partial charge on any atom is 0.339 e. The van der Waals surface area contributed by atoms with Crippen LogP contribution in [0.15, 0.2) is 87.7 Å². The third-order valence-corrected chi connectivity index (χ3v) is 6.61. The summed E-state index contributed by atoms with van der Waals surface area (Å²) in [6.45, 7) is 3.72. The van der Waals surface area contributed by atoms with Crippen LogP contribution >= 0.6 is 0 Å². The summed E-state index contributed by atoms with van der Waals surface area (Å²) >= 11 is 0. The van der Waals surface area contributed by atoms with Crippen LogP contribution in [-0.4, -0.2) is 23.1 Å². The van der Waals surface area contributed by atoms with E-state index in [2.05, 4.69) is 9.93 Å². The van der Waals surface area contributed by atoms with Crippen LogP contribution in [-0.2, 0) is 20.1 Å². The molecule has 0 aliphatic rings. The van der Waals surface area contributed by atoms with Gasteiger partial charge in [0, 0.05) is 0 Å². The van der Waals surface area contributed by atoms with E-state index in [-0.39, 0.29) is 15.5 Å². The highest BCUT2D eigenvalue weighted by Crippen LogP contribution is 2.19. The maximum atomic E-state index is 12.3. The summed E-state index contributed by atoms with van der Waals surface area (Å²) in [5.74, 6) is 0.132. The Balaban J connectivity index is 1.65. The molecular formula is C21H20N2O5S2. The van der Waals surface area contributed by atoms with Gasteiger partial charge >= 0.3 is 10.1 Å². The minimum atomic E-state index is -3.94. The molecule has 0 spiro atoms. The van der Waals surface area contributed by atoms with Crippen molar-refractivity contribution < 1.29 is 21.0 Å². The Morgan fingerprint density at radius 1 is 0.733 bits per heavy atom. The maximum absolute atomic E-state index is 12.3. The zero-order chi connectivity index (χ0) is 21.8. The van der Waals surface area contributed by atoms with E-state index in [0.717, 1.165) is 11.1 Å². The summed E-state index contributed by atoms with van der Waals surface area (Å²) in [6, 6.07) is 18.8. The summed E-state index contributed by atoms with van der Waals surface area (Å²) in [4.78, 5) is 2.30. The molecule has 3 aromatic carbocycles. The number of benzene rings is 3. The van der Waals surface area contributed by atoms with Crippen molar-refractivity contribution in [3.63, 3.8) is 0 Å². The van der Waals surface area contributed by atoms with Crippen LogP contribution in [0.3, 0.4) is 0 Å². The number of sulfonamides is 1. The van der Waals surface area contributed by atoms with Gasteiger partial charge in [0.25, 0.3) is 10.0 Å². The molecule has 0 fully saturated rings. The second-order valence-corrected chi connectivity index (χ2v) is 9.79. The monoisotopic (exact) mass is 444 g/mol. The lowest BCUT2D eigenvalue weighted by molar-refractivity contribution is 0.486. The van der Waals surface area contributed by atoms with Crippen molar-refractivity contribution in [1.82, 2.24) is 4.83 Å². The van der Waals surface area contributed by atoms with Gasteiger partial charge in [0.15, 0.2) is 0 Å². The van der Waals surface area contributed by atoms with Crippen LogP contribution in [0.25, 0.3) is 0 Å². The molecule has 1 N–H and O–H groups in total. The first-order valence-electron chi connectivity index (χ1n) is 8.88. The number of aryl methyl sites for hydroxylation is 2. The topological polar surface area (TPSA) is 102 Å². The largest absolute Gasteiger partial charge is 0.379 e. The fourth-order valence-electron chi connectivity index (χ4n) is 2.43. The van der Waals surface area contributed by atoms with Crippen molar-refractivity contribution in [3.05, 3.63) is 89.5 Å². The van der Waals surface area contributed by atoms with Crippen molar-refractivity contribution in [1.29, 1.82) is 0 Å². The van der Waals surface area contributed by atoms with E-state index in [9.17, 15) is 16.8 Å². The normalized spacial score (nSPS) is 12.1. The van der Waals surface area contributed by atoms with E-state index in [4.69, 9.17) is 4.18 Å². The number of hydrazone groups is 1. The molecule has 0 unspecified atom stereocenters. The van der Waals surface area contributed by atoms with Gasteiger partial charge in [0.1, 0.15) is 10.6 Å². The number of hydrogen-bond donors (Lipinski definition) is 1. The van der Waals surface area contributed by atoms with E-state index in [1.807, 2.05) is 13.8 Å². The summed E-state index contributed by atoms with van der Waals surface area (Å²) in [5.41, 5.74) is 2.45. The highest BCUT2D eigenvalue weighted by Gasteiger charge is 2.16. The molecule has 7 nitrogen and oxygen atoms in total. The molecule has 0 aromatic heterocycles. The Kier molecular flexibility index (Phi) is 6.23. The third kappa shape index (κ3) is 5.46. The molecule has 0 atom stereocenters. The SMILES string of the molecule is Cc1ccc(S(=O)(=O)N/N=C\c2ccc(OS(=O)(=O)c3ccc(C)cc3)cc2)cc1. The Morgan fingerprint density at radius 3 is 1.77 bits per heavy atom. The summed E-state index contributed by atoms with van der Waals surface area (Å²) in [6.07, 6.45) is 1.31. The van der Waals surface area contributed by atoms with Crippen molar-refractivity contribution in [2.45, 2.75) is 23.6 Å². The van der Waals surface area contributed by atoms with Crippen molar-refractivity contribution in [3.8, 4) is 5.75 Å². The lowest BCUT2D eigenvalue weighted by Crippen LogP contribution is -2.18. The first-order chi connectivity index (χ1) is 14.2.